The second kappa shape index (κ2) is 4.28. The molecule has 3 N–H and O–H groups in total. The van der Waals surface area contributed by atoms with E-state index in [0.29, 0.717) is 17.7 Å². The van der Waals surface area contributed by atoms with Crippen LogP contribution in [0.15, 0.2) is 12.1 Å². The van der Waals surface area contributed by atoms with Crippen molar-refractivity contribution in [2.45, 2.75) is 49.3 Å². The van der Waals surface area contributed by atoms with E-state index in [0.717, 1.165) is 32.2 Å². The Kier molecular flexibility index (Phi) is 2.79. The number of piperidine rings is 1. The molecule has 114 valence electrons. The van der Waals surface area contributed by atoms with E-state index in [1.54, 1.807) is 6.07 Å². The third-order valence-electron chi connectivity index (χ3n) is 6.10. The molecular weight excluding hydrogens is 290 g/mol. The Morgan fingerprint density at radius 3 is 3.00 bits per heavy atom. The zero-order valence-electron chi connectivity index (χ0n) is 11.7. The van der Waals surface area contributed by atoms with Crippen molar-refractivity contribution in [3.63, 3.8) is 0 Å². The van der Waals surface area contributed by atoms with Crippen molar-refractivity contribution >= 4 is 12.4 Å². The van der Waals surface area contributed by atoms with E-state index < -0.39 is 6.10 Å². The summed E-state index contributed by atoms with van der Waals surface area (Å²) in [7, 11) is 0. The van der Waals surface area contributed by atoms with Gasteiger partial charge < -0.3 is 20.3 Å². The predicted octanol–water partition coefficient (Wildman–Crippen LogP) is 1.50. The Morgan fingerprint density at radius 1 is 1.29 bits per heavy atom. The maximum absolute atomic E-state index is 10.5. The van der Waals surface area contributed by atoms with Crippen LogP contribution in [0.25, 0.3) is 0 Å². The van der Waals surface area contributed by atoms with Gasteiger partial charge in [0.25, 0.3) is 0 Å². The summed E-state index contributed by atoms with van der Waals surface area (Å²) >= 11 is 0. The van der Waals surface area contributed by atoms with Crippen molar-refractivity contribution in [1.82, 2.24) is 5.32 Å². The summed E-state index contributed by atoms with van der Waals surface area (Å²) < 4.78 is 6.09. The summed E-state index contributed by atoms with van der Waals surface area (Å²) in [5.74, 6) is 1.41. The second-order valence-electron chi connectivity index (χ2n) is 6.79. The number of aliphatic hydroxyl groups excluding tert-OH is 1. The molecule has 2 bridgehead atoms. The molecule has 1 aromatic rings. The van der Waals surface area contributed by atoms with E-state index in [4.69, 9.17) is 4.74 Å². The van der Waals surface area contributed by atoms with Crippen LogP contribution in [0.3, 0.4) is 0 Å². The van der Waals surface area contributed by atoms with Crippen molar-refractivity contribution in [1.29, 1.82) is 0 Å². The molecule has 2 heterocycles. The molecule has 1 saturated carbocycles. The molecule has 5 heteroatoms. The third-order valence-corrected chi connectivity index (χ3v) is 6.10. The molecule has 2 aliphatic carbocycles. The smallest absolute Gasteiger partial charge is 0.165 e. The van der Waals surface area contributed by atoms with Crippen LogP contribution in [-0.2, 0) is 11.8 Å². The van der Waals surface area contributed by atoms with Gasteiger partial charge in [-0.1, -0.05) is 6.07 Å². The fraction of sp³-hybridized carbons (Fsp3) is 0.625. The Bertz CT molecular complexity index is 607. The summed E-state index contributed by atoms with van der Waals surface area (Å²) in [5.41, 5.74) is 2.43. The van der Waals surface area contributed by atoms with Crippen LogP contribution in [-0.4, -0.2) is 35.0 Å². The monoisotopic (exact) mass is 309 g/mol. The van der Waals surface area contributed by atoms with Gasteiger partial charge in [-0.2, -0.15) is 0 Å². The van der Waals surface area contributed by atoms with E-state index >= 15 is 0 Å². The lowest BCUT2D eigenvalue weighted by Crippen LogP contribution is -2.66. The molecule has 5 rings (SSSR count). The molecular formula is C16H20ClNO3. The van der Waals surface area contributed by atoms with Crippen molar-refractivity contribution in [3.05, 3.63) is 23.3 Å². The first-order chi connectivity index (χ1) is 9.72. The average Bonchev–Trinajstić information content (AvgIpc) is 2.78. The molecule has 0 amide bonds. The summed E-state index contributed by atoms with van der Waals surface area (Å²) in [5, 5.41) is 24.3. The lowest BCUT2D eigenvalue weighted by atomic mass is 9.52. The van der Waals surface area contributed by atoms with Gasteiger partial charge >= 0.3 is 0 Å². The van der Waals surface area contributed by atoms with Gasteiger partial charge in [0, 0.05) is 17.0 Å². The molecule has 4 nitrogen and oxygen atoms in total. The molecule has 1 spiro atoms. The van der Waals surface area contributed by atoms with Gasteiger partial charge in [-0.15, -0.1) is 12.4 Å². The fourth-order valence-electron chi connectivity index (χ4n) is 5.43. The van der Waals surface area contributed by atoms with Crippen LogP contribution >= 0.6 is 12.4 Å². The molecule has 4 aliphatic rings. The van der Waals surface area contributed by atoms with Gasteiger partial charge in [0.05, 0.1) is 6.10 Å². The zero-order valence-corrected chi connectivity index (χ0v) is 12.5. The van der Waals surface area contributed by atoms with E-state index in [2.05, 4.69) is 5.32 Å². The third kappa shape index (κ3) is 1.43. The topological polar surface area (TPSA) is 61.7 Å². The van der Waals surface area contributed by atoms with E-state index in [1.165, 1.54) is 11.1 Å². The molecule has 0 unspecified atom stereocenters. The second-order valence-corrected chi connectivity index (χ2v) is 6.79. The largest absolute Gasteiger partial charge is 0.504 e. The lowest BCUT2D eigenvalue weighted by Gasteiger charge is -2.56. The van der Waals surface area contributed by atoms with Gasteiger partial charge in [0.2, 0.25) is 0 Å². The van der Waals surface area contributed by atoms with Crippen LogP contribution in [0.4, 0.5) is 0 Å². The van der Waals surface area contributed by atoms with Crippen molar-refractivity contribution in [2.24, 2.45) is 5.92 Å². The van der Waals surface area contributed by atoms with E-state index in [-0.39, 0.29) is 29.7 Å². The highest BCUT2D eigenvalue weighted by Gasteiger charge is 2.64. The number of aliphatic hydroxyl groups is 1. The zero-order chi connectivity index (χ0) is 13.5. The Balaban J connectivity index is 0.00000115. The van der Waals surface area contributed by atoms with Crippen LogP contribution < -0.4 is 10.1 Å². The number of phenolic OH excluding ortho intramolecular Hbond substituents is 1. The first-order valence-corrected chi connectivity index (χ1v) is 7.65. The molecule has 0 radical (unpaired) electrons. The molecule has 1 aromatic carbocycles. The molecule has 21 heavy (non-hydrogen) atoms. The molecule has 2 fully saturated rings. The lowest BCUT2D eigenvalue weighted by molar-refractivity contribution is -0.0761. The van der Waals surface area contributed by atoms with Gasteiger partial charge in [-0.05, 0) is 49.8 Å². The minimum Gasteiger partial charge on any atom is -0.504 e. The highest BCUT2D eigenvalue weighted by molar-refractivity contribution is 5.85. The molecule has 2 aliphatic heterocycles. The summed E-state index contributed by atoms with van der Waals surface area (Å²) in [6, 6.07) is 4.27. The fourth-order valence-corrected chi connectivity index (χ4v) is 5.43. The number of halogens is 1. The minimum atomic E-state index is -0.414. The highest BCUT2D eigenvalue weighted by atomic mass is 35.5. The number of hydrogen-bond donors (Lipinski definition) is 3. The highest BCUT2D eigenvalue weighted by Crippen LogP contribution is 2.62. The SMILES string of the molecule is Cl.Oc1ccc2c3c1O[C@H]1[C@@H](O)CC[C@H]4[C@@H](C2)NCC[C@@]341. The van der Waals surface area contributed by atoms with Crippen molar-refractivity contribution < 1.29 is 14.9 Å². The summed E-state index contributed by atoms with van der Waals surface area (Å²) in [6.45, 7) is 0.974. The Labute approximate surface area is 129 Å². The quantitative estimate of drug-likeness (QED) is 0.680. The number of rotatable bonds is 0. The van der Waals surface area contributed by atoms with Gasteiger partial charge in [-0.25, -0.2) is 0 Å². The predicted molar refractivity (Wildman–Crippen MR) is 80.3 cm³/mol. The Morgan fingerprint density at radius 2 is 2.14 bits per heavy atom. The van der Waals surface area contributed by atoms with Gasteiger partial charge in [0.15, 0.2) is 11.5 Å². The summed E-state index contributed by atoms with van der Waals surface area (Å²) in [4.78, 5) is 0. The molecule has 1 saturated heterocycles. The number of ether oxygens (including phenoxy) is 1. The van der Waals surface area contributed by atoms with Crippen molar-refractivity contribution in [3.8, 4) is 11.5 Å². The van der Waals surface area contributed by atoms with E-state index in [9.17, 15) is 10.2 Å². The number of benzene rings is 1. The maximum atomic E-state index is 10.5. The Hall–Kier alpha value is -0.970. The molecule has 0 aromatic heterocycles. The normalized spacial score (nSPS) is 41.8. The number of phenols is 1. The first kappa shape index (κ1) is 13.7. The number of hydrogen-bond acceptors (Lipinski definition) is 4. The molecule has 5 atom stereocenters. The van der Waals surface area contributed by atoms with Crippen LogP contribution in [0, 0.1) is 5.92 Å². The van der Waals surface area contributed by atoms with Crippen molar-refractivity contribution in [2.75, 3.05) is 6.54 Å². The minimum absolute atomic E-state index is 0. The average molecular weight is 310 g/mol. The van der Waals surface area contributed by atoms with Gasteiger partial charge in [0.1, 0.15) is 6.10 Å². The van der Waals surface area contributed by atoms with Crippen LogP contribution in [0.2, 0.25) is 0 Å². The standard InChI is InChI=1S/C16H19NO3.ClH/c18-11-3-1-8-7-10-9-2-4-12(19)15-16(9,5-6-17-10)13(8)14(11)20-15;/h1,3,9-10,12,15,17-19H,2,4-7H2;1H/t9-,10+,12-,15-,16-;/m0./s1. The number of aromatic hydroxyl groups is 1. The van der Waals surface area contributed by atoms with Crippen LogP contribution in [0.1, 0.15) is 30.4 Å². The van der Waals surface area contributed by atoms with E-state index in [1.807, 2.05) is 6.07 Å². The first-order valence-electron chi connectivity index (χ1n) is 7.65. The van der Waals surface area contributed by atoms with Gasteiger partial charge in [-0.3, -0.25) is 0 Å². The number of nitrogens with one attached hydrogen (secondary N) is 1. The van der Waals surface area contributed by atoms with Crippen LogP contribution in [0.5, 0.6) is 11.5 Å². The summed E-state index contributed by atoms with van der Waals surface area (Å²) in [6.07, 6.45) is 3.28. The maximum Gasteiger partial charge on any atom is 0.165 e.